The minimum atomic E-state index is -0.958. The Bertz CT molecular complexity index is 496. The van der Waals surface area contributed by atoms with Gasteiger partial charge in [0.2, 0.25) is 0 Å². The number of ketones is 1. The van der Waals surface area contributed by atoms with Gasteiger partial charge >= 0.3 is 5.97 Å². The lowest BCUT2D eigenvalue weighted by atomic mass is 9.94. The van der Waals surface area contributed by atoms with Gasteiger partial charge in [-0.25, -0.2) is 4.79 Å². The van der Waals surface area contributed by atoms with Crippen LogP contribution in [0.1, 0.15) is 12.5 Å². The van der Waals surface area contributed by atoms with Gasteiger partial charge in [-0.3, -0.25) is 4.79 Å². The maximum absolute atomic E-state index is 11.3. The summed E-state index contributed by atoms with van der Waals surface area (Å²) < 4.78 is 0. The van der Waals surface area contributed by atoms with E-state index in [1.807, 2.05) is 0 Å². The van der Waals surface area contributed by atoms with Crippen LogP contribution in [-0.2, 0) is 14.4 Å². The minimum Gasteiger partial charge on any atom is -0.317 e. The second-order valence-corrected chi connectivity index (χ2v) is 3.82. The summed E-state index contributed by atoms with van der Waals surface area (Å²) in [6.45, 7) is 1.32. The summed E-state index contributed by atoms with van der Waals surface area (Å²) in [6, 6.07) is 6.87. The zero-order valence-electron chi connectivity index (χ0n) is 8.44. The summed E-state index contributed by atoms with van der Waals surface area (Å²) in [5, 5.41) is 4.05. The van der Waals surface area contributed by atoms with Gasteiger partial charge in [-0.15, -0.1) is 0 Å². The van der Waals surface area contributed by atoms with E-state index in [4.69, 9.17) is 11.6 Å². The number of benzene rings is 1. The molecule has 1 aromatic carbocycles. The molecule has 0 N–H and O–H groups in total. The van der Waals surface area contributed by atoms with Crippen molar-refractivity contribution in [2.24, 2.45) is 11.1 Å². The Morgan fingerprint density at radius 3 is 2.75 bits per heavy atom. The van der Waals surface area contributed by atoms with Gasteiger partial charge < -0.3 is 4.84 Å². The Hall–Kier alpha value is -1.68. The summed E-state index contributed by atoms with van der Waals surface area (Å²) in [7, 11) is 0. The molecule has 0 amide bonds. The first-order chi connectivity index (χ1) is 7.61. The monoisotopic (exact) mass is 237 g/mol. The summed E-state index contributed by atoms with van der Waals surface area (Å²) in [5.41, 5.74) is 0.832. The number of hydrogen-bond acceptors (Lipinski definition) is 4. The van der Waals surface area contributed by atoms with E-state index >= 15 is 0 Å². The van der Waals surface area contributed by atoms with Crippen molar-refractivity contribution in [1.82, 2.24) is 0 Å². The first kappa shape index (κ1) is 10.8. The number of nitrogens with zero attached hydrogens (tertiary/aromatic N) is 1. The molecule has 4 nitrogen and oxygen atoms in total. The van der Waals surface area contributed by atoms with Gasteiger partial charge in [-0.2, -0.15) is 0 Å². The number of carbonyl (C=O) groups is 2. The third kappa shape index (κ3) is 1.72. The van der Waals surface area contributed by atoms with Crippen LogP contribution >= 0.6 is 11.6 Å². The van der Waals surface area contributed by atoms with E-state index in [0.29, 0.717) is 10.6 Å². The average molecular weight is 238 g/mol. The Balaban J connectivity index is 2.46. The summed E-state index contributed by atoms with van der Waals surface area (Å²) in [5.74, 6) is -1.91. The van der Waals surface area contributed by atoms with Crippen molar-refractivity contribution in [2.45, 2.75) is 6.92 Å². The average Bonchev–Trinajstić information content (AvgIpc) is 2.61. The molecule has 0 aromatic heterocycles. The van der Waals surface area contributed by atoms with Crippen molar-refractivity contribution in [3.05, 3.63) is 34.9 Å². The van der Waals surface area contributed by atoms with Gasteiger partial charge in [0, 0.05) is 10.6 Å². The number of Topliss-reactive ketones (excluding diaryl/α,β-unsaturated/α-hetero) is 1. The second-order valence-electron chi connectivity index (χ2n) is 3.41. The lowest BCUT2D eigenvalue weighted by molar-refractivity contribution is -0.145. The third-order valence-electron chi connectivity index (χ3n) is 2.30. The van der Waals surface area contributed by atoms with Gasteiger partial charge in [-0.05, 0) is 13.0 Å². The number of rotatable bonds is 2. The Kier molecular flexibility index (Phi) is 2.75. The van der Waals surface area contributed by atoms with Crippen molar-refractivity contribution in [1.29, 1.82) is 0 Å². The predicted octanol–water partition coefficient (Wildman–Crippen LogP) is 1.81. The number of carbonyl (C=O) groups excluding carboxylic acids is 2. The summed E-state index contributed by atoms with van der Waals surface area (Å²) in [4.78, 5) is 27.2. The quantitative estimate of drug-likeness (QED) is 0.582. The summed E-state index contributed by atoms with van der Waals surface area (Å²) >= 11 is 5.96. The van der Waals surface area contributed by atoms with E-state index < -0.39 is 11.9 Å². The highest BCUT2D eigenvalue weighted by Crippen LogP contribution is 2.24. The first-order valence-electron chi connectivity index (χ1n) is 4.65. The van der Waals surface area contributed by atoms with Crippen LogP contribution < -0.4 is 0 Å². The Labute approximate surface area is 96.8 Å². The highest BCUT2D eigenvalue weighted by molar-refractivity contribution is 6.37. The molecule has 2 rings (SSSR count). The van der Waals surface area contributed by atoms with Crippen molar-refractivity contribution < 1.29 is 14.4 Å². The lowest BCUT2D eigenvalue weighted by Gasteiger charge is -2.06. The van der Waals surface area contributed by atoms with E-state index in [9.17, 15) is 9.59 Å². The van der Waals surface area contributed by atoms with Crippen LogP contribution in [-0.4, -0.2) is 17.5 Å². The maximum Gasteiger partial charge on any atom is 0.351 e. The molecular formula is C11H8ClNO3. The number of halogens is 1. The normalized spacial score (nSPS) is 19.2. The van der Waals surface area contributed by atoms with Gasteiger partial charge in [0.05, 0.1) is 0 Å². The second kappa shape index (κ2) is 4.06. The molecule has 1 aliphatic heterocycles. The molecule has 1 atom stereocenters. The first-order valence-corrected chi connectivity index (χ1v) is 5.03. The highest BCUT2D eigenvalue weighted by Gasteiger charge is 2.38. The molecule has 0 spiro atoms. The third-order valence-corrected chi connectivity index (χ3v) is 2.63. The standard InChI is InChI=1S/C11H8ClNO3/c1-6(14)9-10(13-16-11(9)15)7-4-2-3-5-8(7)12/h2-5,9H,1H3. The van der Waals surface area contributed by atoms with E-state index in [1.165, 1.54) is 6.92 Å². The van der Waals surface area contributed by atoms with Crippen LogP contribution in [0.5, 0.6) is 0 Å². The smallest absolute Gasteiger partial charge is 0.317 e. The molecule has 1 aromatic rings. The molecule has 0 saturated heterocycles. The van der Waals surface area contributed by atoms with Gasteiger partial charge in [-0.1, -0.05) is 35.0 Å². The molecule has 0 fully saturated rings. The fraction of sp³-hybridized carbons (Fsp3) is 0.182. The molecule has 1 heterocycles. The molecule has 0 saturated carbocycles. The number of oxime groups is 1. The molecule has 1 unspecified atom stereocenters. The highest BCUT2D eigenvalue weighted by atomic mass is 35.5. The largest absolute Gasteiger partial charge is 0.351 e. The maximum atomic E-state index is 11.3. The van der Waals surface area contributed by atoms with Crippen LogP contribution in [0.25, 0.3) is 0 Å². The van der Waals surface area contributed by atoms with E-state index in [2.05, 4.69) is 9.99 Å². The van der Waals surface area contributed by atoms with E-state index in [0.717, 1.165) is 0 Å². The lowest BCUT2D eigenvalue weighted by Crippen LogP contribution is -2.26. The Morgan fingerprint density at radius 1 is 1.44 bits per heavy atom. The molecule has 1 aliphatic rings. The van der Waals surface area contributed by atoms with Crippen LogP contribution in [0.3, 0.4) is 0 Å². The zero-order valence-corrected chi connectivity index (χ0v) is 9.19. The SMILES string of the molecule is CC(=O)C1C(=O)ON=C1c1ccccc1Cl. The van der Waals surface area contributed by atoms with Gasteiger partial charge in [0.15, 0.2) is 5.92 Å². The van der Waals surface area contributed by atoms with Crippen molar-refractivity contribution in [3.8, 4) is 0 Å². The van der Waals surface area contributed by atoms with Crippen molar-refractivity contribution in [2.75, 3.05) is 0 Å². The Morgan fingerprint density at radius 2 is 2.12 bits per heavy atom. The molecular weight excluding hydrogens is 230 g/mol. The molecule has 5 heteroatoms. The summed E-state index contributed by atoms with van der Waals surface area (Å²) in [6.07, 6.45) is 0. The molecule has 16 heavy (non-hydrogen) atoms. The van der Waals surface area contributed by atoms with Crippen LogP contribution in [0.2, 0.25) is 5.02 Å². The molecule has 0 aliphatic carbocycles. The van der Waals surface area contributed by atoms with Crippen molar-refractivity contribution >= 4 is 29.1 Å². The van der Waals surface area contributed by atoms with Crippen LogP contribution in [0, 0.1) is 5.92 Å². The fourth-order valence-corrected chi connectivity index (χ4v) is 1.78. The molecule has 0 radical (unpaired) electrons. The van der Waals surface area contributed by atoms with E-state index in [1.54, 1.807) is 24.3 Å². The van der Waals surface area contributed by atoms with Gasteiger partial charge in [0.1, 0.15) is 11.5 Å². The molecule has 0 bridgehead atoms. The fourth-order valence-electron chi connectivity index (χ4n) is 1.54. The topological polar surface area (TPSA) is 55.7 Å². The van der Waals surface area contributed by atoms with Gasteiger partial charge in [0.25, 0.3) is 0 Å². The van der Waals surface area contributed by atoms with Crippen LogP contribution in [0.4, 0.5) is 0 Å². The predicted molar refractivity (Wildman–Crippen MR) is 58.3 cm³/mol. The van der Waals surface area contributed by atoms with Crippen molar-refractivity contribution in [3.63, 3.8) is 0 Å². The number of hydrogen-bond donors (Lipinski definition) is 0. The minimum absolute atomic E-state index is 0.281. The molecule has 82 valence electrons. The van der Waals surface area contributed by atoms with Crippen LogP contribution in [0.15, 0.2) is 29.4 Å². The van der Waals surface area contributed by atoms with E-state index in [-0.39, 0.29) is 11.5 Å². The zero-order chi connectivity index (χ0) is 11.7.